The molecule has 6 nitrogen and oxygen atoms in total. The summed E-state index contributed by atoms with van der Waals surface area (Å²) in [6.07, 6.45) is 0. The standard InChI is InChI=1S/C28H22ClN3O3S2/c1-16-3-7-18(8-4-16)15-36-28-31-30-27(37-28)32-23(19-9-5-17(2)6-10-19)22(25(34)26(32)35)24(33)20-11-13-21(29)14-12-20/h3-14,23,33H,15H2,1-2H3/b24-22-. The summed E-state index contributed by atoms with van der Waals surface area (Å²) < 4.78 is 0.679. The van der Waals surface area contributed by atoms with Crippen molar-refractivity contribution in [2.75, 3.05) is 4.90 Å². The number of thioether (sulfide) groups is 1. The summed E-state index contributed by atoms with van der Waals surface area (Å²) in [5, 5.41) is 20.5. The molecule has 1 N–H and O–H groups in total. The maximum atomic E-state index is 13.3. The zero-order chi connectivity index (χ0) is 26.1. The molecule has 2 heterocycles. The van der Waals surface area contributed by atoms with E-state index in [1.807, 2.05) is 38.1 Å². The van der Waals surface area contributed by atoms with Gasteiger partial charge in [0.15, 0.2) is 4.34 Å². The third-order valence-corrected chi connectivity index (χ3v) is 8.42. The first-order chi connectivity index (χ1) is 17.8. The van der Waals surface area contributed by atoms with E-state index in [0.29, 0.717) is 31.4 Å². The molecule has 0 spiro atoms. The lowest BCUT2D eigenvalue weighted by atomic mass is 9.95. The Morgan fingerprint density at radius 3 is 2.22 bits per heavy atom. The predicted molar refractivity (Wildman–Crippen MR) is 148 cm³/mol. The summed E-state index contributed by atoms with van der Waals surface area (Å²) in [5.41, 5.74) is 4.45. The Morgan fingerprint density at radius 2 is 1.57 bits per heavy atom. The number of hydrogen-bond acceptors (Lipinski definition) is 7. The number of benzene rings is 3. The minimum absolute atomic E-state index is 0.000217. The molecule has 3 aromatic carbocycles. The summed E-state index contributed by atoms with van der Waals surface area (Å²) in [6, 6.07) is 21.4. The Bertz CT molecular complexity index is 1500. The molecule has 1 aliphatic heterocycles. The Labute approximate surface area is 227 Å². The van der Waals surface area contributed by atoms with Gasteiger partial charge in [-0.2, -0.15) is 0 Å². The van der Waals surface area contributed by atoms with E-state index in [1.54, 1.807) is 24.3 Å². The van der Waals surface area contributed by atoms with Crippen molar-refractivity contribution < 1.29 is 14.7 Å². The fourth-order valence-corrected chi connectivity index (χ4v) is 5.99. The molecule has 1 atom stereocenters. The fourth-order valence-electron chi connectivity index (χ4n) is 4.04. The van der Waals surface area contributed by atoms with Crippen LogP contribution in [0.3, 0.4) is 0 Å². The summed E-state index contributed by atoms with van der Waals surface area (Å²) in [4.78, 5) is 27.9. The molecule has 37 heavy (non-hydrogen) atoms. The number of ketones is 1. The Kier molecular flexibility index (Phi) is 7.15. The highest BCUT2D eigenvalue weighted by Gasteiger charge is 2.48. The maximum Gasteiger partial charge on any atom is 0.301 e. The molecule has 0 bridgehead atoms. The molecule has 1 fully saturated rings. The average molecular weight is 548 g/mol. The van der Waals surface area contributed by atoms with Gasteiger partial charge in [-0.15, -0.1) is 10.2 Å². The van der Waals surface area contributed by atoms with Crippen molar-refractivity contribution in [1.82, 2.24) is 10.2 Å². The summed E-state index contributed by atoms with van der Waals surface area (Å²) >= 11 is 8.76. The van der Waals surface area contributed by atoms with Crippen LogP contribution in [0.2, 0.25) is 5.02 Å². The van der Waals surface area contributed by atoms with E-state index in [-0.39, 0.29) is 11.3 Å². The second-order valence-corrected chi connectivity index (χ2v) is 11.3. The van der Waals surface area contributed by atoms with E-state index >= 15 is 0 Å². The molecule has 4 aromatic rings. The monoisotopic (exact) mass is 547 g/mol. The molecule has 5 rings (SSSR count). The molecular weight excluding hydrogens is 526 g/mol. The number of amides is 1. The van der Waals surface area contributed by atoms with Crippen molar-refractivity contribution in [1.29, 1.82) is 0 Å². The summed E-state index contributed by atoms with van der Waals surface area (Å²) in [5.74, 6) is -1.10. The molecule has 1 aliphatic rings. The SMILES string of the molecule is Cc1ccc(CSc2nnc(N3C(=O)C(=O)/C(=C(\O)c4ccc(Cl)cc4)C3c3ccc(C)cc3)s2)cc1. The highest BCUT2D eigenvalue weighted by molar-refractivity contribution is 8.00. The van der Waals surface area contributed by atoms with E-state index in [9.17, 15) is 14.7 Å². The third kappa shape index (κ3) is 5.18. The lowest BCUT2D eigenvalue weighted by Gasteiger charge is -2.22. The van der Waals surface area contributed by atoms with Crippen molar-refractivity contribution >= 4 is 57.3 Å². The number of rotatable bonds is 6. The van der Waals surface area contributed by atoms with Gasteiger partial charge in [0.25, 0.3) is 5.78 Å². The van der Waals surface area contributed by atoms with Crippen LogP contribution in [0.1, 0.15) is 33.9 Å². The first-order valence-corrected chi connectivity index (χ1v) is 13.6. The van der Waals surface area contributed by atoms with Crippen LogP contribution >= 0.6 is 34.7 Å². The third-order valence-electron chi connectivity index (χ3n) is 6.04. The number of aryl methyl sites for hydroxylation is 2. The Hall–Kier alpha value is -3.46. The molecule has 0 radical (unpaired) electrons. The molecule has 1 saturated heterocycles. The van der Waals surface area contributed by atoms with Gasteiger partial charge >= 0.3 is 5.91 Å². The van der Waals surface area contributed by atoms with Crippen molar-refractivity contribution in [2.24, 2.45) is 0 Å². The van der Waals surface area contributed by atoms with Crippen molar-refractivity contribution in [3.8, 4) is 0 Å². The second kappa shape index (κ2) is 10.5. The first-order valence-electron chi connectivity index (χ1n) is 11.5. The molecule has 186 valence electrons. The van der Waals surface area contributed by atoms with Gasteiger partial charge in [-0.25, -0.2) is 0 Å². The number of aliphatic hydroxyl groups is 1. The highest BCUT2D eigenvalue weighted by Crippen LogP contribution is 2.44. The van der Waals surface area contributed by atoms with E-state index in [2.05, 4.69) is 34.5 Å². The summed E-state index contributed by atoms with van der Waals surface area (Å²) in [6.45, 7) is 4.00. The largest absolute Gasteiger partial charge is 0.507 e. The molecule has 9 heteroatoms. The number of hydrogen-bond donors (Lipinski definition) is 1. The zero-order valence-corrected chi connectivity index (χ0v) is 22.4. The van der Waals surface area contributed by atoms with Gasteiger partial charge < -0.3 is 5.11 Å². The minimum Gasteiger partial charge on any atom is -0.507 e. The number of carbonyl (C=O) groups is 2. The van der Waals surface area contributed by atoms with E-state index in [1.165, 1.54) is 33.6 Å². The van der Waals surface area contributed by atoms with Gasteiger partial charge in [0.05, 0.1) is 11.6 Å². The number of nitrogens with zero attached hydrogens (tertiary/aromatic N) is 3. The van der Waals surface area contributed by atoms with E-state index in [0.717, 1.165) is 11.1 Å². The molecule has 0 aliphatic carbocycles. The van der Waals surface area contributed by atoms with Crippen LogP contribution in [0, 0.1) is 13.8 Å². The predicted octanol–water partition coefficient (Wildman–Crippen LogP) is 6.73. The highest BCUT2D eigenvalue weighted by atomic mass is 35.5. The van der Waals surface area contributed by atoms with E-state index < -0.39 is 17.7 Å². The van der Waals surface area contributed by atoms with Crippen LogP contribution in [0.25, 0.3) is 5.76 Å². The molecule has 1 aromatic heterocycles. The number of halogens is 1. The molecule has 0 saturated carbocycles. The van der Waals surface area contributed by atoms with Gasteiger partial charge in [-0.1, -0.05) is 94.4 Å². The molecular formula is C28H22ClN3O3S2. The number of aromatic nitrogens is 2. The maximum absolute atomic E-state index is 13.3. The Morgan fingerprint density at radius 1 is 0.946 bits per heavy atom. The van der Waals surface area contributed by atoms with Gasteiger partial charge in [0.2, 0.25) is 5.13 Å². The van der Waals surface area contributed by atoms with Crippen LogP contribution in [0.4, 0.5) is 5.13 Å². The fraction of sp³-hybridized carbons (Fsp3) is 0.143. The van der Waals surface area contributed by atoms with Gasteiger partial charge in [0, 0.05) is 16.3 Å². The number of anilines is 1. The topological polar surface area (TPSA) is 83.4 Å². The van der Waals surface area contributed by atoms with Gasteiger partial charge in [-0.05, 0) is 49.2 Å². The van der Waals surface area contributed by atoms with Crippen LogP contribution in [-0.4, -0.2) is 27.0 Å². The lowest BCUT2D eigenvalue weighted by molar-refractivity contribution is -0.132. The number of carbonyl (C=O) groups excluding carboxylic acids is 2. The molecule has 1 unspecified atom stereocenters. The second-order valence-electron chi connectivity index (χ2n) is 8.71. The minimum atomic E-state index is -0.848. The van der Waals surface area contributed by atoms with Crippen molar-refractivity contribution in [3.63, 3.8) is 0 Å². The lowest BCUT2D eigenvalue weighted by Crippen LogP contribution is -2.29. The summed E-state index contributed by atoms with van der Waals surface area (Å²) in [7, 11) is 0. The van der Waals surface area contributed by atoms with Crippen LogP contribution < -0.4 is 4.90 Å². The van der Waals surface area contributed by atoms with Gasteiger partial charge in [0.1, 0.15) is 5.76 Å². The average Bonchev–Trinajstić information content (AvgIpc) is 3.46. The van der Waals surface area contributed by atoms with Crippen molar-refractivity contribution in [3.05, 3.63) is 111 Å². The van der Waals surface area contributed by atoms with Crippen LogP contribution in [0.15, 0.2) is 82.7 Å². The zero-order valence-electron chi connectivity index (χ0n) is 20.0. The molecule has 1 amide bonds. The van der Waals surface area contributed by atoms with Crippen molar-refractivity contribution in [2.45, 2.75) is 30.0 Å². The van der Waals surface area contributed by atoms with Gasteiger partial charge in [-0.3, -0.25) is 14.5 Å². The van der Waals surface area contributed by atoms with Crippen LogP contribution in [-0.2, 0) is 15.3 Å². The van der Waals surface area contributed by atoms with E-state index in [4.69, 9.17) is 11.6 Å². The smallest absolute Gasteiger partial charge is 0.301 e. The normalized spacial score (nSPS) is 16.9. The quantitative estimate of drug-likeness (QED) is 0.0947. The number of Topliss-reactive ketones (excluding diaryl/α,β-unsaturated/α-hetero) is 1. The van der Waals surface area contributed by atoms with Crippen LogP contribution in [0.5, 0.6) is 0 Å². The number of aliphatic hydroxyl groups excluding tert-OH is 1. The Balaban J connectivity index is 1.53. The first kappa shape index (κ1) is 25.2.